The van der Waals surface area contributed by atoms with Crippen LogP contribution in [0, 0.1) is 18.8 Å². The van der Waals surface area contributed by atoms with Gasteiger partial charge in [-0.2, -0.15) is 4.31 Å². The second-order valence-electron chi connectivity index (χ2n) is 7.76. The molecule has 28 heavy (non-hydrogen) atoms. The third-order valence-corrected chi connectivity index (χ3v) is 8.23. The summed E-state index contributed by atoms with van der Waals surface area (Å²) in [6.07, 6.45) is 4.45. The molecular weight excluding hydrogens is 386 g/mol. The summed E-state index contributed by atoms with van der Waals surface area (Å²) in [7, 11) is -3.69. The fourth-order valence-electron chi connectivity index (χ4n) is 4.99. The summed E-state index contributed by atoms with van der Waals surface area (Å²) in [6.45, 7) is 2.70. The first-order valence-electron chi connectivity index (χ1n) is 9.32. The van der Waals surface area contributed by atoms with Gasteiger partial charge in [-0.3, -0.25) is 4.79 Å². The second-order valence-corrected chi connectivity index (χ2v) is 9.67. The number of sulfonamides is 1. The fraction of sp³-hybridized carbons (Fsp3) is 0.556. The first-order chi connectivity index (χ1) is 13.4. The average molecular weight is 407 g/mol. The van der Waals surface area contributed by atoms with Crippen LogP contribution in [0.1, 0.15) is 29.2 Å². The van der Waals surface area contributed by atoms with Gasteiger partial charge in [-0.05, 0) is 31.9 Å². The molecule has 0 aliphatic carbocycles. The van der Waals surface area contributed by atoms with Gasteiger partial charge in [0.05, 0.1) is 24.2 Å². The van der Waals surface area contributed by atoms with Crippen LogP contribution in [0.2, 0.25) is 0 Å². The zero-order valence-corrected chi connectivity index (χ0v) is 16.1. The lowest BCUT2D eigenvalue weighted by atomic mass is 9.73. The predicted molar refractivity (Wildman–Crippen MR) is 94.9 cm³/mol. The van der Waals surface area contributed by atoms with Gasteiger partial charge in [0.2, 0.25) is 10.0 Å². The molecule has 2 bridgehead atoms. The normalized spacial score (nSPS) is 32.0. The van der Waals surface area contributed by atoms with E-state index in [4.69, 9.17) is 13.7 Å². The summed E-state index contributed by atoms with van der Waals surface area (Å²) in [4.78, 5) is 12.3. The first kappa shape index (κ1) is 17.9. The highest BCUT2D eigenvalue weighted by atomic mass is 32.2. The summed E-state index contributed by atoms with van der Waals surface area (Å²) in [5.74, 6) is 0.373. The number of carbonyl (C=O) groups excluding carboxylic acids is 1. The molecule has 3 aliphatic rings. The molecule has 3 aliphatic heterocycles. The Kier molecular flexibility index (Phi) is 3.94. The number of aryl methyl sites for hydroxylation is 1. The molecule has 1 amide bonds. The van der Waals surface area contributed by atoms with E-state index < -0.39 is 15.6 Å². The quantitative estimate of drug-likeness (QED) is 0.791. The molecule has 0 saturated carbocycles. The third kappa shape index (κ3) is 2.55. The molecule has 1 N–H and O–H groups in total. The molecule has 9 nitrogen and oxygen atoms in total. The number of rotatable bonds is 5. The molecule has 5 rings (SSSR count). The van der Waals surface area contributed by atoms with Crippen molar-refractivity contribution in [1.29, 1.82) is 0 Å². The standard InChI is InChI=1S/C18H21N3O6S/c1-11-16(8-20-27-11)28(23,24)21-9-13-12(14-4-5-18(13,10-21)26-14)7-19-17(22)15-3-2-6-25-15/h2-3,6,8,12-14H,4-5,7,9-10H2,1H3,(H,19,22)/t12-,13+,14+,18+/m0/s1. The summed E-state index contributed by atoms with van der Waals surface area (Å²) >= 11 is 0. The Morgan fingerprint density at radius 2 is 2.32 bits per heavy atom. The Hall–Kier alpha value is -2.17. The van der Waals surface area contributed by atoms with Crippen molar-refractivity contribution in [1.82, 2.24) is 14.8 Å². The minimum absolute atomic E-state index is 0.0399. The number of furan rings is 1. The maximum absolute atomic E-state index is 13.0. The van der Waals surface area contributed by atoms with Crippen LogP contribution >= 0.6 is 0 Å². The lowest BCUT2D eigenvalue weighted by molar-refractivity contribution is 0.00796. The largest absolute Gasteiger partial charge is 0.459 e. The van der Waals surface area contributed by atoms with Crippen LogP contribution in [-0.4, -0.2) is 55.1 Å². The molecule has 10 heteroatoms. The van der Waals surface area contributed by atoms with Crippen molar-refractivity contribution < 1.29 is 26.9 Å². The summed E-state index contributed by atoms with van der Waals surface area (Å²) in [5, 5.41) is 6.50. The van der Waals surface area contributed by atoms with E-state index in [1.54, 1.807) is 19.1 Å². The van der Waals surface area contributed by atoms with Crippen molar-refractivity contribution in [3.05, 3.63) is 36.1 Å². The molecule has 0 unspecified atom stereocenters. The van der Waals surface area contributed by atoms with Crippen LogP contribution < -0.4 is 5.32 Å². The second kappa shape index (κ2) is 6.16. The number of ether oxygens (including phenoxy) is 1. The molecule has 1 spiro atoms. The molecule has 2 aromatic rings. The summed E-state index contributed by atoms with van der Waals surface area (Å²) in [5.41, 5.74) is -0.469. The minimum atomic E-state index is -3.69. The van der Waals surface area contributed by atoms with Crippen molar-refractivity contribution >= 4 is 15.9 Å². The molecule has 150 valence electrons. The van der Waals surface area contributed by atoms with Crippen LogP contribution in [0.3, 0.4) is 0 Å². The number of hydrogen-bond acceptors (Lipinski definition) is 7. The van der Waals surface area contributed by atoms with Crippen molar-refractivity contribution in [3.63, 3.8) is 0 Å². The summed E-state index contributed by atoms with van der Waals surface area (Å²) in [6, 6.07) is 3.27. The van der Waals surface area contributed by atoms with Gasteiger partial charge in [0, 0.05) is 31.5 Å². The van der Waals surface area contributed by atoms with Crippen LogP contribution in [0.4, 0.5) is 0 Å². The molecule has 5 heterocycles. The Balaban J connectivity index is 1.34. The van der Waals surface area contributed by atoms with Gasteiger partial charge in [0.25, 0.3) is 5.91 Å². The SMILES string of the molecule is Cc1oncc1S(=O)(=O)N1C[C@@H]2[C@H](CNC(=O)c3ccco3)[C@H]3CC[C@]2(C1)O3. The smallest absolute Gasteiger partial charge is 0.286 e. The van der Waals surface area contributed by atoms with Crippen molar-refractivity contribution in [2.75, 3.05) is 19.6 Å². The maximum Gasteiger partial charge on any atom is 0.286 e. The monoisotopic (exact) mass is 407 g/mol. The van der Waals surface area contributed by atoms with E-state index in [0.29, 0.717) is 19.6 Å². The lowest BCUT2D eigenvalue weighted by Gasteiger charge is -2.29. The molecule has 3 fully saturated rings. The number of amides is 1. The fourth-order valence-corrected chi connectivity index (χ4v) is 6.59. The van der Waals surface area contributed by atoms with E-state index in [9.17, 15) is 13.2 Å². The lowest BCUT2D eigenvalue weighted by Crippen LogP contribution is -2.41. The number of carbonyl (C=O) groups is 1. The van der Waals surface area contributed by atoms with Gasteiger partial charge in [-0.25, -0.2) is 8.42 Å². The minimum Gasteiger partial charge on any atom is -0.459 e. The van der Waals surface area contributed by atoms with Crippen LogP contribution in [0.25, 0.3) is 0 Å². The number of aromatic nitrogens is 1. The number of nitrogens with zero attached hydrogens (tertiary/aromatic N) is 2. The van der Waals surface area contributed by atoms with Crippen molar-refractivity contribution in [2.45, 2.75) is 36.4 Å². The van der Waals surface area contributed by atoms with Crippen LogP contribution in [0.5, 0.6) is 0 Å². The highest BCUT2D eigenvalue weighted by Gasteiger charge is 2.64. The third-order valence-electron chi connectivity index (χ3n) is 6.32. The van der Waals surface area contributed by atoms with Gasteiger partial charge in [0.15, 0.2) is 11.5 Å². The van der Waals surface area contributed by atoms with Gasteiger partial charge >= 0.3 is 0 Å². The van der Waals surface area contributed by atoms with Gasteiger partial charge < -0.3 is 19.0 Å². The summed E-state index contributed by atoms with van der Waals surface area (Å²) < 4.78 is 43.9. The van der Waals surface area contributed by atoms with Crippen LogP contribution in [-0.2, 0) is 14.8 Å². The maximum atomic E-state index is 13.0. The van der Waals surface area contributed by atoms with Crippen LogP contribution in [0.15, 0.2) is 38.4 Å². The predicted octanol–water partition coefficient (Wildman–Crippen LogP) is 1.17. The molecule has 3 saturated heterocycles. The van der Waals surface area contributed by atoms with Gasteiger partial charge in [-0.15, -0.1) is 0 Å². The van der Waals surface area contributed by atoms with E-state index in [0.717, 1.165) is 12.8 Å². The van der Waals surface area contributed by atoms with Gasteiger partial charge in [-0.1, -0.05) is 5.16 Å². The molecule has 0 aromatic carbocycles. The van der Waals surface area contributed by atoms with E-state index in [-0.39, 0.29) is 40.3 Å². The zero-order chi connectivity index (χ0) is 19.5. The average Bonchev–Trinajstić information content (AvgIpc) is 3.45. The molecule has 0 radical (unpaired) electrons. The topological polar surface area (TPSA) is 115 Å². The van der Waals surface area contributed by atoms with Crippen molar-refractivity contribution in [3.8, 4) is 0 Å². The molecular formula is C18H21N3O6S. The Morgan fingerprint density at radius 1 is 1.46 bits per heavy atom. The Labute approximate surface area is 162 Å². The van der Waals surface area contributed by atoms with E-state index in [1.165, 1.54) is 16.8 Å². The zero-order valence-electron chi connectivity index (χ0n) is 15.3. The number of nitrogens with one attached hydrogen (secondary N) is 1. The number of fused-ring (bicyclic) bond motifs is 1. The highest BCUT2D eigenvalue weighted by Crippen LogP contribution is 2.55. The molecule has 4 atom stereocenters. The van der Waals surface area contributed by atoms with Crippen molar-refractivity contribution in [2.24, 2.45) is 11.8 Å². The first-order valence-corrected chi connectivity index (χ1v) is 10.8. The Morgan fingerprint density at radius 3 is 3.04 bits per heavy atom. The Bertz CT molecular complexity index is 1000. The van der Waals surface area contributed by atoms with E-state index in [1.807, 2.05) is 0 Å². The van der Waals surface area contributed by atoms with Gasteiger partial charge in [0.1, 0.15) is 4.90 Å². The van der Waals surface area contributed by atoms with E-state index >= 15 is 0 Å². The van der Waals surface area contributed by atoms with E-state index in [2.05, 4.69) is 10.5 Å². The highest BCUT2D eigenvalue weighted by molar-refractivity contribution is 7.89. The molecule has 2 aromatic heterocycles. The number of hydrogen-bond donors (Lipinski definition) is 1.